The summed E-state index contributed by atoms with van der Waals surface area (Å²) in [6.07, 6.45) is 0. The lowest BCUT2D eigenvalue weighted by atomic mass is 10.1. The number of aryl methyl sites for hydroxylation is 1. The van der Waals surface area contributed by atoms with Crippen LogP contribution < -0.4 is 10.2 Å². The SMILES string of the molecule is CCN(CC)C(=O)c1sc(NC(=S)N2CCN(c3cc(Cl)ccc3C)CC2)c(C(=O)OC)c1C. The van der Waals surface area contributed by atoms with E-state index >= 15 is 0 Å². The first-order valence-electron chi connectivity index (χ1n) is 11.3. The topological polar surface area (TPSA) is 65.1 Å². The maximum atomic E-state index is 13.0. The van der Waals surface area contributed by atoms with E-state index in [2.05, 4.69) is 22.0 Å². The van der Waals surface area contributed by atoms with Gasteiger partial charge in [-0.2, -0.15) is 0 Å². The van der Waals surface area contributed by atoms with Crippen molar-refractivity contribution < 1.29 is 14.3 Å². The quantitative estimate of drug-likeness (QED) is 0.431. The molecule has 0 radical (unpaired) electrons. The Kier molecular flexibility index (Phi) is 8.78. The van der Waals surface area contributed by atoms with Gasteiger partial charge < -0.3 is 24.8 Å². The van der Waals surface area contributed by atoms with Crippen LogP contribution in [0.1, 0.15) is 45.0 Å². The Morgan fingerprint density at radius 1 is 1.18 bits per heavy atom. The van der Waals surface area contributed by atoms with E-state index in [1.54, 1.807) is 11.8 Å². The third kappa shape index (κ3) is 5.47. The highest BCUT2D eigenvalue weighted by molar-refractivity contribution is 7.80. The van der Waals surface area contributed by atoms with Crippen LogP contribution in [0.25, 0.3) is 0 Å². The van der Waals surface area contributed by atoms with Gasteiger partial charge in [0.15, 0.2) is 5.11 Å². The smallest absolute Gasteiger partial charge is 0.341 e. The van der Waals surface area contributed by atoms with Crippen molar-refractivity contribution in [3.05, 3.63) is 44.8 Å². The van der Waals surface area contributed by atoms with Crippen molar-refractivity contribution >= 4 is 62.8 Å². The fourth-order valence-electron chi connectivity index (χ4n) is 4.06. The molecule has 0 spiro atoms. The third-order valence-electron chi connectivity index (χ3n) is 6.08. The third-order valence-corrected chi connectivity index (χ3v) is 7.87. The van der Waals surface area contributed by atoms with Gasteiger partial charge in [0.05, 0.1) is 17.6 Å². The van der Waals surface area contributed by atoms with Gasteiger partial charge in [-0.15, -0.1) is 11.3 Å². The van der Waals surface area contributed by atoms with Crippen molar-refractivity contribution in [1.82, 2.24) is 9.80 Å². The molecule has 184 valence electrons. The van der Waals surface area contributed by atoms with E-state index in [9.17, 15) is 9.59 Å². The van der Waals surface area contributed by atoms with E-state index in [0.29, 0.717) is 39.2 Å². The lowest BCUT2D eigenvalue weighted by Gasteiger charge is -2.38. The van der Waals surface area contributed by atoms with Crippen LogP contribution in [0.3, 0.4) is 0 Å². The van der Waals surface area contributed by atoms with Crippen molar-refractivity contribution in [1.29, 1.82) is 0 Å². The molecule has 1 amide bonds. The van der Waals surface area contributed by atoms with Gasteiger partial charge in [0, 0.05) is 50.0 Å². The molecule has 3 rings (SSSR count). The monoisotopic (exact) mass is 522 g/mol. The van der Waals surface area contributed by atoms with Crippen molar-refractivity contribution in [3.63, 3.8) is 0 Å². The predicted octanol–water partition coefficient (Wildman–Crippen LogP) is 4.81. The number of amides is 1. The van der Waals surface area contributed by atoms with Gasteiger partial charge >= 0.3 is 5.97 Å². The number of carbonyl (C=O) groups excluding carboxylic acids is 2. The summed E-state index contributed by atoms with van der Waals surface area (Å²) >= 11 is 13.1. The molecule has 0 unspecified atom stereocenters. The molecule has 7 nitrogen and oxygen atoms in total. The summed E-state index contributed by atoms with van der Waals surface area (Å²) in [5.41, 5.74) is 3.28. The van der Waals surface area contributed by atoms with E-state index in [1.165, 1.54) is 24.0 Å². The first-order valence-corrected chi connectivity index (χ1v) is 12.9. The maximum Gasteiger partial charge on any atom is 0.341 e. The number of methoxy groups -OCH3 is 1. The molecule has 2 aromatic rings. The minimum Gasteiger partial charge on any atom is -0.465 e. The summed E-state index contributed by atoms with van der Waals surface area (Å²) in [6, 6.07) is 5.92. The van der Waals surface area contributed by atoms with Crippen LogP contribution >= 0.6 is 35.2 Å². The van der Waals surface area contributed by atoms with E-state index in [-0.39, 0.29) is 5.91 Å². The van der Waals surface area contributed by atoms with Crippen LogP contribution in [0.5, 0.6) is 0 Å². The zero-order valence-corrected chi connectivity index (χ0v) is 22.6. The number of piperazine rings is 1. The number of rotatable bonds is 6. The van der Waals surface area contributed by atoms with E-state index in [4.69, 9.17) is 28.6 Å². The minimum atomic E-state index is -0.487. The van der Waals surface area contributed by atoms with Crippen LogP contribution in [0, 0.1) is 13.8 Å². The molecule has 1 saturated heterocycles. The molecular weight excluding hydrogens is 492 g/mol. The highest BCUT2D eigenvalue weighted by Crippen LogP contribution is 2.35. The number of anilines is 2. The van der Waals surface area contributed by atoms with Crippen molar-refractivity contribution in [3.8, 4) is 0 Å². The van der Waals surface area contributed by atoms with Crippen LogP contribution in [-0.2, 0) is 4.74 Å². The maximum absolute atomic E-state index is 13.0. The Labute approximate surface area is 215 Å². The van der Waals surface area contributed by atoms with E-state index in [0.717, 1.165) is 36.9 Å². The van der Waals surface area contributed by atoms with Gasteiger partial charge in [-0.1, -0.05) is 17.7 Å². The lowest BCUT2D eigenvalue weighted by molar-refractivity contribution is 0.0601. The number of nitrogens with one attached hydrogen (secondary N) is 1. The molecule has 0 atom stereocenters. The number of thiophene rings is 1. The van der Waals surface area contributed by atoms with E-state index in [1.807, 2.05) is 32.0 Å². The summed E-state index contributed by atoms with van der Waals surface area (Å²) in [4.78, 5) is 32.2. The van der Waals surface area contributed by atoms with Gasteiger partial charge in [0.1, 0.15) is 5.00 Å². The second kappa shape index (κ2) is 11.4. The van der Waals surface area contributed by atoms with Crippen molar-refractivity contribution in [2.24, 2.45) is 0 Å². The fraction of sp³-hybridized carbons (Fsp3) is 0.458. The zero-order chi connectivity index (χ0) is 25.0. The van der Waals surface area contributed by atoms with Crippen LogP contribution in [0.2, 0.25) is 5.02 Å². The Morgan fingerprint density at radius 2 is 1.82 bits per heavy atom. The molecule has 1 aliphatic heterocycles. The van der Waals surface area contributed by atoms with Gasteiger partial charge in [-0.05, 0) is 63.2 Å². The average Bonchev–Trinajstić information content (AvgIpc) is 3.16. The minimum absolute atomic E-state index is 0.0953. The van der Waals surface area contributed by atoms with Gasteiger partial charge in [0.2, 0.25) is 0 Å². The molecule has 2 heterocycles. The molecule has 1 aromatic carbocycles. The van der Waals surface area contributed by atoms with Crippen LogP contribution in [-0.4, -0.2) is 73.2 Å². The first-order chi connectivity index (χ1) is 16.2. The second-order valence-electron chi connectivity index (χ2n) is 8.06. The summed E-state index contributed by atoms with van der Waals surface area (Å²) in [7, 11) is 1.34. The largest absolute Gasteiger partial charge is 0.465 e. The molecule has 1 aromatic heterocycles. The number of hydrogen-bond donors (Lipinski definition) is 1. The molecule has 10 heteroatoms. The molecule has 1 N–H and O–H groups in total. The highest BCUT2D eigenvalue weighted by atomic mass is 35.5. The Bertz CT molecular complexity index is 1080. The number of carbonyl (C=O) groups is 2. The molecule has 1 aliphatic rings. The number of benzene rings is 1. The predicted molar refractivity (Wildman–Crippen MR) is 144 cm³/mol. The van der Waals surface area contributed by atoms with E-state index < -0.39 is 5.97 Å². The molecule has 0 saturated carbocycles. The van der Waals surface area contributed by atoms with Crippen molar-refractivity contribution in [2.45, 2.75) is 27.7 Å². The van der Waals surface area contributed by atoms with Crippen LogP contribution in [0.4, 0.5) is 10.7 Å². The number of esters is 1. The Morgan fingerprint density at radius 3 is 2.41 bits per heavy atom. The molecule has 34 heavy (non-hydrogen) atoms. The highest BCUT2D eigenvalue weighted by Gasteiger charge is 2.29. The zero-order valence-electron chi connectivity index (χ0n) is 20.2. The number of thiocarbonyl (C=S) groups is 1. The number of halogens is 1. The summed E-state index contributed by atoms with van der Waals surface area (Å²) < 4.78 is 5.00. The van der Waals surface area contributed by atoms with Crippen molar-refractivity contribution in [2.75, 3.05) is 56.6 Å². The Balaban J connectivity index is 1.76. The summed E-state index contributed by atoms with van der Waals surface area (Å²) in [5.74, 6) is -0.582. The Hall–Kier alpha value is -2.36. The number of ether oxygens (including phenoxy) is 1. The molecule has 0 bridgehead atoms. The number of nitrogens with zero attached hydrogens (tertiary/aromatic N) is 3. The van der Waals surface area contributed by atoms with Gasteiger partial charge in [-0.3, -0.25) is 4.79 Å². The normalized spacial score (nSPS) is 13.6. The fourth-order valence-corrected chi connectivity index (χ4v) is 5.74. The lowest BCUT2D eigenvalue weighted by Crippen LogP contribution is -2.50. The standard InChI is InChI=1S/C24H31ClN4O3S2/c1-6-27(7-2)22(30)20-16(4)19(23(31)32-5)21(34-20)26-24(33)29-12-10-28(11-13-29)18-14-17(25)9-8-15(18)3/h8-9,14H,6-7,10-13H2,1-5H3,(H,26,33). The molecular formula is C24H31ClN4O3S2. The second-order valence-corrected chi connectivity index (χ2v) is 9.91. The first kappa shape index (κ1) is 26.2. The molecule has 1 fully saturated rings. The number of hydrogen-bond acceptors (Lipinski definition) is 6. The average molecular weight is 523 g/mol. The van der Waals surface area contributed by atoms with Gasteiger partial charge in [0.25, 0.3) is 5.91 Å². The molecule has 0 aliphatic carbocycles. The van der Waals surface area contributed by atoms with Gasteiger partial charge in [-0.25, -0.2) is 4.79 Å². The summed E-state index contributed by atoms with van der Waals surface area (Å²) in [6.45, 7) is 11.9. The summed E-state index contributed by atoms with van der Waals surface area (Å²) in [5, 5.41) is 5.01. The van der Waals surface area contributed by atoms with Crippen LogP contribution in [0.15, 0.2) is 18.2 Å².